The third kappa shape index (κ3) is 4.74. The molecule has 0 aromatic heterocycles. The van der Waals surface area contributed by atoms with Crippen LogP contribution in [0, 0.1) is 11.8 Å². The molecule has 0 radical (unpaired) electrons. The van der Waals surface area contributed by atoms with E-state index in [1.807, 2.05) is 0 Å². The van der Waals surface area contributed by atoms with Crippen molar-refractivity contribution < 1.29 is 23.2 Å². The third-order valence-electron chi connectivity index (χ3n) is 4.31. The van der Waals surface area contributed by atoms with Crippen LogP contribution in [0.15, 0.2) is 0 Å². The van der Waals surface area contributed by atoms with Crippen molar-refractivity contribution in [3.63, 3.8) is 0 Å². The molecular weight excluding hydrogens is 294 g/mol. The molecule has 0 saturated heterocycles. The molecule has 1 atom stereocenters. The van der Waals surface area contributed by atoms with Crippen LogP contribution in [0.3, 0.4) is 0 Å². The third-order valence-corrected chi connectivity index (χ3v) is 4.31. The molecule has 2 N–H and O–H groups in total. The number of halogens is 2. The van der Waals surface area contributed by atoms with Crippen LogP contribution in [0.1, 0.15) is 45.4 Å². The molecule has 124 valence electrons. The fourth-order valence-electron chi connectivity index (χ4n) is 2.54. The molecule has 5 nitrogen and oxygen atoms in total. The molecule has 0 heterocycles. The molecule has 22 heavy (non-hydrogen) atoms. The van der Waals surface area contributed by atoms with Gasteiger partial charge in [-0.3, -0.25) is 14.4 Å². The Morgan fingerprint density at radius 3 is 2.27 bits per heavy atom. The molecule has 1 unspecified atom stereocenters. The molecule has 0 aliphatic heterocycles. The van der Waals surface area contributed by atoms with Crippen molar-refractivity contribution in [1.82, 2.24) is 10.6 Å². The maximum atomic E-state index is 13.1. The highest BCUT2D eigenvalue weighted by Gasteiger charge is 2.38. The van der Waals surface area contributed by atoms with Crippen LogP contribution >= 0.6 is 0 Å². The molecular formula is C15H22F2N2O3. The number of rotatable bonds is 6. The van der Waals surface area contributed by atoms with E-state index in [4.69, 9.17) is 0 Å². The maximum Gasteiger partial charge on any atom is 0.289 e. The van der Waals surface area contributed by atoms with Gasteiger partial charge < -0.3 is 10.6 Å². The zero-order valence-corrected chi connectivity index (χ0v) is 12.7. The zero-order valence-electron chi connectivity index (χ0n) is 12.7. The largest absolute Gasteiger partial charge is 0.349 e. The summed E-state index contributed by atoms with van der Waals surface area (Å²) in [5.41, 5.74) is 0. The smallest absolute Gasteiger partial charge is 0.289 e. The fraction of sp³-hybridized carbons (Fsp3) is 0.800. The lowest BCUT2D eigenvalue weighted by atomic mass is 9.86. The number of nitrogens with one attached hydrogen (secondary N) is 2. The lowest BCUT2D eigenvalue weighted by Gasteiger charge is -2.28. The minimum absolute atomic E-state index is 0.105. The highest BCUT2D eigenvalue weighted by molar-refractivity contribution is 6.38. The van der Waals surface area contributed by atoms with Gasteiger partial charge in [0.15, 0.2) is 0 Å². The Hall–Kier alpha value is -1.53. The number of alkyl halides is 2. The number of carbonyl (C=O) groups is 3. The Morgan fingerprint density at radius 2 is 1.73 bits per heavy atom. The average molecular weight is 316 g/mol. The van der Waals surface area contributed by atoms with Crippen LogP contribution in [-0.4, -0.2) is 36.1 Å². The SMILES string of the molecule is CC(NC(=O)C1CCC(F)(F)CC1)C(=O)C(=O)NCC1CC1. The van der Waals surface area contributed by atoms with E-state index in [-0.39, 0.29) is 25.7 Å². The summed E-state index contributed by atoms with van der Waals surface area (Å²) in [6.07, 6.45) is 1.71. The first-order valence-electron chi connectivity index (χ1n) is 7.79. The van der Waals surface area contributed by atoms with E-state index < -0.39 is 35.5 Å². The molecule has 7 heteroatoms. The highest BCUT2D eigenvalue weighted by Crippen LogP contribution is 2.36. The van der Waals surface area contributed by atoms with Gasteiger partial charge in [0.1, 0.15) is 0 Å². The molecule has 0 bridgehead atoms. The molecule has 0 aromatic carbocycles. The standard InChI is InChI=1S/C15H22F2N2O3/c1-9(12(20)14(22)18-8-10-2-3-10)19-13(21)11-4-6-15(16,17)7-5-11/h9-11H,2-8H2,1H3,(H,18,22)(H,19,21). The Balaban J connectivity index is 1.75. The van der Waals surface area contributed by atoms with E-state index in [1.54, 1.807) is 0 Å². The topological polar surface area (TPSA) is 75.3 Å². The molecule has 2 aliphatic carbocycles. The molecule has 2 aliphatic rings. The second-order valence-electron chi connectivity index (χ2n) is 6.38. The quantitative estimate of drug-likeness (QED) is 0.728. The summed E-state index contributed by atoms with van der Waals surface area (Å²) in [6.45, 7) is 1.93. The van der Waals surface area contributed by atoms with Gasteiger partial charge in [-0.25, -0.2) is 8.78 Å². The van der Waals surface area contributed by atoms with Gasteiger partial charge in [-0.05, 0) is 38.5 Å². The normalized spacial score (nSPS) is 22.7. The summed E-state index contributed by atoms with van der Waals surface area (Å²) in [7, 11) is 0. The van der Waals surface area contributed by atoms with Gasteiger partial charge in [-0.15, -0.1) is 0 Å². The fourth-order valence-corrected chi connectivity index (χ4v) is 2.54. The zero-order chi connectivity index (χ0) is 16.3. The number of Topliss-reactive ketones (excluding diaryl/α,β-unsaturated/α-hetero) is 1. The molecule has 0 aromatic rings. The van der Waals surface area contributed by atoms with Crippen LogP contribution in [0.2, 0.25) is 0 Å². The minimum Gasteiger partial charge on any atom is -0.349 e. The summed E-state index contributed by atoms with van der Waals surface area (Å²) < 4.78 is 26.1. The summed E-state index contributed by atoms with van der Waals surface area (Å²) in [4.78, 5) is 35.5. The van der Waals surface area contributed by atoms with Gasteiger partial charge in [0.2, 0.25) is 17.6 Å². The van der Waals surface area contributed by atoms with E-state index >= 15 is 0 Å². The Bertz CT molecular complexity index is 454. The van der Waals surface area contributed by atoms with Gasteiger partial charge in [-0.1, -0.05) is 0 Å². The second kappa shape index (κ2) is 6.71. The molecule has 0 spiro atoms. The molecule has 2 amide bonds. The number of carbonyl (C=O) groups excluding carboxylic acids is 3. The van der Waals surface area contributed by atoms with E-state index in [1.165, 1.54) is 6.92 Å². The van der Waals surface area contributed by atoms with Gasteiger partial charge in [0.25, 0.3) is 5.91 Å². The van der Waals surface area contributed by atoms with Crippen molar-refractivity contribution in [3.8, 4) is 0 Å². The number of hydrogen-bond acceptors (Lipinski definition) is 3. The molecule has 2 saturated carbocycles. The Morgan fingerprint density at radius 1 is 1.14 bits per heavy atom. The lowest BCUT2D eigenvalue weighted by molar-refractivity contribution is -0.140. The lowest BCUT2D eigenvalue weighted by Crippen LogP contribution is -2.48. The van der Waals surface area contributed by atoms with E-state index in [0.717, 1.165) is 12.8 Å². The van der Waals surface area contributed by atoms with Crippen LogP contribution in [0.4, 0.5) is 8.78 Å². The Kier molecular flexibility index (Phi) is 5.13. The van der Waals surface area contributed by atoms with Gasteiger partial charge >= 0.3 is 0 Å². The molecule has 2 rings (SSSR count). The number of amides is 2. The first-order valence-corrected chi connectivity index (χ1v) is 7.79. The minimum atomic E-state index is -2.69. The van der Waals surface area contributed by atoms with Gasteiger partial charge in [-0.2, -0.15) is 0 Å². The van der Waals surface area contributed by atoms with Crippen LogP contribution in [0.5, 0.6) is 0 Å². The van der Waals surface area contributed by atoms with Crippen molar-refractivity contribution in [1.29, 1.82) is 0 Å². The van der Waals surface area contributed by atoms with Crippen LogP contribution < -0.4 is 10.6 Å². The number of ketones is 1. The number of hydrogen-bond donors (Lipinski definition) is 2. The van der Waals surface area contributed by atoms with Crippen LogP contribution in [0.25, 0.3) is 0 Å². The average Bonchev–Trinajstić information content (AvgIpc) is 3.27. The van der Waals surface area contributed by atoms with Crippen molar-refractivity contribution in [2.45, 2.75) is 57.4 Å². The van der Waals surface area contributed by atoms with E-state index in [0.29, 0.717) is 12.5 Å². The predicted octanol–water partition coefficient (Wildman–Crippen LogP) is 1.41. The summed E-state index contributed by atoms with van der Waals surface area (Å²) in [6, 6.07) is -0.936. The first-order chi connectivity index (χ1) is 10.3. The summed E-state index contributed by atoms with van der Waals surface area (Å²) >= 11 is 0. The monoisotopic (exact) mass is 316 g/mol. The summed E-state index contributed by atoms with van der Waals surface area (Å²) in [5, 5.41) is 5.02. The van der Waals surface area contributed by atoms with E-state index in [9.17, 15) is 23.2 Å². The summed E-state index contributed by atoms with van der Waals surface area (Å²) in [5.74, 6) is -4.56. The maximum absolute atomic E-state index is 13.1. The van der Waals surface area contributed by atoms with Crippen molar-refractivity contribution >= 4 is 17.6 Å². The predicted molar refractivity (Wildman–Crippen MR) is 75.3 cm³/mol. The van der Waals surface area contributed by atoms with Crippen molar-refractivity contribution in [2.24, 2.45) is 11.8 Å². The molecule has 2 fully saturated rings. The first kappa shape index (κ1) is 16.8. The van der Waals surface area contributed by atoms with Gasteiger partial charge in [0, 0.05) is 25.3 Å². The van der Waals surface area contributed by atoms with Crippen molar-refractivity contribution in [2.75, 3.05) is 6.54 Å². The highest BCUT2D eigenvalue weighted by atomic mass is 19.3. The van der Waals surface area contributed by atoms with E-state index in [2.05, 4.69) is 10.6 Å². The van der Waals surface area contributed by atoms with Crippen LogP contribution in [-0.2, 0) is 14.4 Å². The van der Waals surface area contributed by atoms with Crippen molar-refractivity contribution in [3.05, 3.63) is 0 Å². The second-order valence-corrected chi connectivity index (χ2v) is 6.38. The Labute approximate surface area is 128 Å². The van der Waals surface area contributed by atoms with Gasteiger partial charge in [0.05, 0.1) is 6.04 Å².